The summed E-state index contributed by atoms with van der Waals surface area (Å²) in [5.74, 6) is -0.783. The Morgan fingerprint density at radius 2 is 1.76 bits per heavy atom. The quantitative estimate of drug-likeness (QED) is 0.583. The van der Waals surface area contributed by atoms with Crippen LogP contribution in [0.25, 0.3) is 0 Å². The van der Waals surface area contributed by atoms with Crippen molar-refractivity contribution in [3.05, 3.63) is 0 Å². The van der Waals surface area contributed by atoms with Crippen molar-refractivity contribution >= 4 is 17.9 Å². The predicted molar refractivity (Wildman–Crippen MR) is 77.8 cm³/mol. The number of hydrogen-bond acceptors (Lipinski definition) is 3. The van der Waals surface area contributed by atoms with Crippen molar-refractivity contribution in [3.8, 4) is 0 Å². The third-order valence-electron chi connectivity index (χ3n) is 4.08. The molecule has 4 N–H and O–H groups in total. The SMILES string of the molecule is CCNC(=O)CNC(=O)NC1(C(=O)O)CCC(CC)CC1. The van der Waals surface area contributed by atoms with E-state index in [0.717, 1.165) is 19.3 Å². The first-order valence-electron chi connectivity index (χ1n) is 7.49. The Balaban J connectivity index is 2.53. The molecule has 1 rings (SSSR count). The molecule has 1 fully saturated rings. The highest BCUT2D eigenvalue weighted by Crippen LogP contribution is 2.33. The Morgan fingerprint density at radius 3 is 2.24 bits per heavy atom. The van der Waals surface area contributed by atoms with Gasteiger partial charge in [-0.2, -0.15) is 0 Å². The van der Waals surface area contributed by atoms with Gasteiger partial charge in [-0.1, -0.05) is 13.3 Å². The van der Waals surface area contributed by atoms with Crippen molar-refractivity contribution in [2.24, 2.45) is 5.92 Å². The largest absolute Gasteiger partial charge is 0.480 e. The van der Waals surface area contributed by atoms with Crippen LogP contribution >= 0.6 is 0 Å². The molecule has 0 bridgehead atoms. The van der Waals surface area contributed by atoms with Gasteiger partial charge in [0.05, 0.1) is 6.54 Å². The molecule has 21 heavy (non-hydrogen) atoms. The second kappa shape index (κ2) is 7.85. The maximum absolute atomic E-state index is 11.8. The lowest BCUT2D eigenvalue weighted by molar-refractivity contribution is -0.146. The van der Waals surface area contributed by atoms with Gasteiger partial charge in [0.25, 0.3) is 0 Å². The van der Waals surface area contributed by atoms with Gasteiger partial charge in [0, 0.05) is 6.54 Å². The van der Waals surface area contributed by atoms with Gasteiger partial charge in [-0.15, -0.1) is 0 Å². The third kappa shape index (κ3) is 4.91. The first-order chi connectivity index (χ1) is 9.93. The zero-order chi connectivity index (χ0) is 15.9. The summed E-state index contributed by atoms with van der Waals surface area (Å²) >= 11 is 0. The zero-order valence-corrected chi connectivity index (χ0v) is 12.7. The monoisotopic (exact) mass is 299 g/mol. The van der Waals surface area contributed by atoms with Gasteiger partial charge in [-0.3, -0.25) is 4.79 Å². The number of amides is 3. The lowest BCUT2D eigenvalue weighted by atomic mass is 9.75. The van der Waals surface area contributed by atoms with Crippen LogP contribution in [0.15, 0.2) is 0 Å². The molecule has 0 aromatic heterocycles. The lowest BCUT2D eigenvalue weighted by Gasteiger charge is -2.37. The van der Waals surface area contributed by atoms with Gasteiger partial charge in [-0.05, 0) is 38.5 Å². The van der Waals surface area contributed by atoms with Crippen LogP contribution in [0, 0.1) is 5.92 Å². The molecular weight excluding hydrogens is 274 g/mol. The summed E-state index contributed by atoms with van der Waals surface area (Å²) in [6, 6.07) is -0.612. The summed E-state index contributed by atoms with van der Waals surface area (Å²) in [7, 11) is 0. The normalized spacial score (nSPS) is 25.0. The summed E-state index contributed by atoms with van der Waals surface area (Å²) in [6.07, 6.45) is 3.46. The number of rotatable bonds is 6. The van der Waals surface area contributed by atoms with E-state index in [0.29, 0.717) is 25.3 Å². The molecule has 0 saturated heterocycles. The summed E-state index contributed by atoms with van der Waals surface area (Å²) < 4.78 is 0. The second-order valence-electron chi connectivity index (χ2n) is 5.50. The average molecular weight is 299 g/mol. The van der Waals surface area contributed by atoms with Crippen molar-refractivity contribution in [1.82, 2.24) is 16.0 Å². The molecule has 120 valence electrons. The predicted octanol–water partition coefficient (Wildman–Crippen LogP) is 0.845. The molecule has 0 atom stereocenters. The van der Waals surface area contributed by atoms with Gasteiger partial charge >= 0.3 is 12.0 Å². The van der Waals surface area contributed by atoms with Crippen molar-refractivity contribution < 1.29 is 19.5 Å². The maximum Gasteiger partial charge on any atom is 0.329 e. The molecule has 1 aliphatic carbocycles. The van der Waals surface area contributed by atoms with Crippen LogP contribution in [-0.2, 0) is 9.59 Å². The van der Waals surface area contributed by atoms with Crippen LogP contribution in [0.4, 0.5) is 4.79 Å². The third-order valence-corrected chi connectivity index (χ3v) is 4.08. The minimum atomic E-state index is -1.21. The number of nitrogens with one attached hydrogen (secondary N) is 3. The molecule has 0 aliphatic heterocycles. The fraction of sp³-hybridized carbons (Fsp3) is 0.786. The van der Waals surface area contributed by atoms with Crippen LogP contribution in [-0.4, -0.2) is 41.6 Å². The molecule has 0 unspecified atom stereocenters. The number of carbonyl (C=O) groups is 3. The number of carbonyl (C=O) groups excluding carboxylic acids is 2. The van der Waals surface area contributed by atoms with Crippen LogP contribution in [0.3, 0.4) is 0 Å². The fourth-order valence-electron chi connectivity index (χ4n) is 2.65. The molecule has 7 heteroatoms. The number of carboxylic acids is 1. The average Bonchev–Trinajstić information content (AvgIpc) is 2.46. The summed E-state index contributed by atoms with van der Waals surface area (Å²) in [4.78, 5) is 34.6. The van der Waals surface area contributed by atoms with Crippen LogP contribution in [0.5, 0.6) is 0 Å². The molecule has 3 amide bonds. The van der Waals surface area contributed by atoms with E-state index in [1.54, 1.807) is 6.92 Å². The number of aliphatic carboxylic acids is 1. The Kier molecular flexibility index (Phi) is 6.45. The van der Waals surface area contributed by atoms with Gasteiger partial charge in [0.1, 0.15) is 5.54 Å². The highest BCUT2D eigenvalue weighted by molar-refractivity contribution is 5.88. The molecule has 1 saturated carbocycles. The summed E-state index contributed by atoms with van der Waals surface area (Å²) in [6.45, 7) is 4.20. The van der Waals surface area contributed by atoms with Crippen molar-refractivity contribution in [1.29, 1.82) is 0 Å². The number of hydrogen-bond donors (Lipinski definition) is 4. The van der Waals surface area contributed by atoms with E-state index >= 15 is 0 Å². The van der Waals surface area contributed by atoms with Crippen molar-refractivity contribution in [2.45, 2.75) is 51.5 Å². The van der Waals surface area contributed by atoms with Gasteiger partial charge in [0.2, 0.25) is 5.91 Å². The Morgan fingerprint density at radius 1 is 1.14 bits per heavy atom. The Labute approximate surface area is 124 Å². The second-order valence-corrected chi connectivity index (χ2v) is 5.50. The molecular formula is C14H25N3O4. The van der Waals surface area contributed by atoms with E-state index < -0.39 is 17.5 Å². The van der Waals surface area contributed by atoms with E-state index in [-0.39, 0.29) is 12.5 Å². The first-order valence-corrected chi connectivity index (χ1v) is 7.49. The van der Waals surface area contributed by atoms with Gasteiger partial charge < -0.3 is 21.1 Å². The van der Waals surface area contributed by atoms with E-state index in [4.69, 9.17) is 0 Å². The minimum Gasteiger partial charge on any atom is -0.480 e. The summed E-state index contributed by atoms with van der Waals surface area (Å²) in [5, 5.41) is 16.9. The molecule has 0 spiro atoms. The molecule has 7 nitrogen and oxygen atoms in total. The first kappa shape index (κ1) is 17.3. The molecule has 0 heterocycles. The smallest absolute Gasteiger partial charge is 0.329 e. The lowest BCUT2D eigenvalue weighted by Crippen LogP contribution is -2.59. The van der Waals surface area contributed by atoms with E-state index in [9.17, 15) is 19.5 Å². The van der Waals surface area contributed by atoms with Crippen molar-refractivity contribution in [2.75, 3.05) is 13.1 Å². The number of urea groups is 1. The molecule has 0 aromatic rings. The summed E-state index contributed by atoms with van der Waals surface area (Å²) in [5.41, 5.74) is -1.21. The Bertz CT molecular complexity index is 390. The fourth-order valence-corrected chi connectivity index (χ4v) is 2.65. The standard InChI is InChI=1S/C14H25N3O4/c1-3-10-5-7-14(8-6-10,12(19)20)17-13(21)16-9-11(18)15-4-2/h10H,3-9H2,1-2H3,(H,15,18)(H,19,20)(H2,16,17,21). The van der Waals surface area contributed by atoms with E-state index in [1.807, 2.05) is 0 Å². The van der Waals surface area contributed by atoms with E-state index in [2.05, 4.69) is 22.9 Å². The maximum atomic E-state index is 11.8. The number of carboxylic acid groups (broad SMARTS) is 1. The topological polar surface area (TPSA) is 108 Å². The molecule has 0 aromatic carbocycles. The van der Waals surface area contributed by atoms with E-state index in [1.165, 1.54) is 0 Å². The van der Waals surface area contributed by atoms with Gasteiger partial charge in [-0.25, -0.2) is 9.59 Å². The minimum absolute atomic E-state index is 0.160. The van der Waals surface area contributed by atoms with Crippen LogP contribution < -0.4 is 16.0 Å². The molecule has 1 aliphatic rings. The highest BCUT2D eigenvalue weighted by atomic mass is 16.4. The van der Waals surface area contributed by atoms with Gasteiger partial charge in [0.15, 0.2) is 0 Å². The van der Waals surface area contributed by atoms with Crippen LogP contribution in [0.1, 0.15) is 46.0 Å². The van der Waals surface area contributed by atoms with Crippen molar-refractivity contribution in [3.63, 3.8) is 0 Å². The van der Waals surface area contributed by atoms with Crippen LogP contribution in [0.2, 0.25) is 0 Å². The zero-order valence-electron chi connectivity index (χ0n) is 12.7. The number of likely N-dealkylation sites (N-methyl/N-ethyl adjacent to an activating group) is 1. The molecule has 0 radical (unpaired) electrons. The Hall–Kier alpha value is -1.79. The highest BCUT2D eigenvalue weighted by Gasteiger charge is 2.42.